The van der Waals surface area contributed by atoms with Crippen LogP contribution in [0.15, 0.2) is 35.8 Å². The quantitative estimate of drug-likeness (QED) is 0.330. The first-order chi connectivity index (χ1) is 17.3. The number of thiazole rings is 2. The Bertz CT molecular complexity index is 1420. The number of halogens is 3. The summed E-state index contributed by atoms with van der Waals surface area (Å²) in [6.07, 6.45) is -0.174. The highest BCUT2D eigenvalue weighted by Gasteiger charge is 2.34. The third-order valence-electron chi connectivity index (χ3n) is 5.69. The smallest absolute Gasteiger partial charge is 0.337 e. The lowest BCUT2D eigenvalue weighted by atomic mass is 9.99. The number of alkyl halides is 3. The van der Waals surface area contributed by atoms with Gasteiger partial charge in [-0.1, -0.05) is 36.5 Å². The maximum atomic E-state index is 13.5. The van der Waals surface area contributed by atoms with E-state index in [0.717, 1.165) is 39.3 Å². The number of urea groups is 1. The van der Waals surface area contributed by atoms with Gasteiger partial charge >= 0.3 is 12.2 Å². The van der Waals surface area contributed by atoms with Gasteiger partial charge in [0.05, 0.1) is 32.5 Å². The Morgan fingerprint density at radius 3 is 2.75 bits per heavy atom. The van der Waals surface area contributed by atoms with Crippen molar-refractivity contribution in [1.82, 2.24) is 25.3 Å². The minimum Gasteiger partial charge on any atom is -0.337 e. The molecule has 186 valence electrons. The second-order valence-electron chi connectivity index (χ2n) is 8.12. The number of rotatable bonds is 6. The number of nitrogens with zero attached hydrogens (tertiary/aromatic N) is 4. The van der Waals surface area contributed by atoms with Crippen molar-refractivity contribution >= 4 is 33.8 Å². The lowest BCUT2D eigenvalue weighted by Gasteiger charge is -2.16. The maximum Gasteiger partial charge on any atom is 0.417 e. The number of anilines is 1. The molecule has 0 saturated heterocycles. The van der Waals surface area contributed by atoms with E-state index in [1.54, 1.807) is 17.5 Å². The molecule has 5 rings (SSSR count). The summed E-state index contributed by atoms with van der Waals surface area (Å²) in [6.45, 7) is 2.48. The Balaban J connectivity index is 1.32. The van der Waals surface area contributed by atoms with Crippen molar-refractivity contribution in [3.8, 4) is 22.0 Å². The average molecular weight is 531 g/mol. The molecule has 0 radical (unpaired) electrons. The summed E-state index contributed by atoms with van der Waals surface area (Å²) in [5.74, 6) is 0.00333. The van der Waals surface area contributed by atoms with Gasteiger partial charge in [-0.3, -0.25) is 5.32 Å². The number of amides is 2. The molecule has 0 spiro atoms. The van der Waals surface area contributed by atoms with Crippen LogP contribution in [-0.2, 0) is 31.9 Å². The van der Waals surface area contributed by atoms with Crippen molar-refractivity contribution in [2.24, 2.45) is 0 Å². The highest BCUT2D eigenvalue weighted by atomic mass is 32.1. The Hall–Kier alpha value is -3.38. The van der Waals surface area contributed by atoms with Crippen molar-refractivity contribution < 1.29 is 18.0 Å². The highest BCUT2D eigenvalue weighted by molar-refractivity contribution is 7.19. The van der Waals surface area contributed by atoms with Gasteiger partial charge in [0, 0.05) is 30.1 Å². The summed E-state index contributed by atoms with van der Waals surface area (Å²) in [4.78, 5) is 30.9. The minimum atomic E-state index is -4.52. The summed E-state index contributed by atoms with van der Waals surface area (Å²) >= 11 is 2.83. The first-order valence-corrected chi connectivity index (χ1v) is 13.0. The van der Waals surface area contributed by atoms with Crippen LogP contribution in [0, 0.1) is 0 Å². The van der Waals surface area contributed by atoms with Crippen LogP contribution < -0.4 is 10.6 Å². The largest absolute Gasteiger partial charge is 0.417 e. The van der Waals surface area contributed by atoms with Gasteiger partial charge in [0.25, 0.3) is 0 Å². The van der Waals surface area contributed by atoms with E-state index in [1.165, 1.54) is 29.5 Å². The third kappa shape index (κ3) is 5.09. The van der Waals surface area contributed by atoms with Crippen LogP contribution in [0.2, 0.25) is 0 Å². The Labute approximate surface area is 212 Å². The molecule has 3 aromatic heterocycles. The molecule has 2 N–H and O–H groups in total. The molecule has 1 aliphatic rings. The number of carbonyl (C=O) groups is 1. The van der Waals surface area contributed by atoms with E-state index >= 15 is 0 Å². The number of hydrogen-bond acceptors (Lipinski definition) is 7. The zero-order valence-corrected chi connectivity index (χ0v) is 20.8. The molecule has 0 bridgehead atoms. The van der Waals surface area contributed by atoms with E-state index < -0.39 is 11.7 Å². The van der Waals surface area contributed by atoms with Crippen LogP contribution in [0.4, 0.5) is 23.1 Å². The number of aromatic nitrogens is 4. The molecule has 2 amide bonds. The maximum absolute atomic E-state index is 13.5. The Morgan fingerprint density at radius 2 is 1.97 bits per heavy atom. The van der Waals surface area contributed by atoms with Crippen molar-refractivity contribution in [3.63, 3.8) is 0 Å². The van der Waals surface area contributed by atoms with Crippen LogP contribution in [-0.4, -0.2) is 32.5 Å². The van der Waals surface area contributed by atoms with Gasteiger partial charge in [-0.2, -0.15) is 13.2 Å². The summed E-state index contributed by atoms with van der Waals surface area (Å²) in [5.41, 5.74) is 2.33. The second kappa shape index (κ2) is 9.94. The molecule has 0 atom stereocenters. The summed E-state index contributed by atoms with van der Waals surface area (Å²) in [5, 5.41) is 8.96. The number of benzene rings is 1. The molecule has 36 heavy (non-hydrogen) atoms. The zero-order chi connectivity index (χ0) is 25.3. The van der Waals surface area contributed by atoms with Gasteiger partial charge in [0.1, 0.15) is 0 Å². The number of nitrogens with one attached hydrogen (secondary N) is 2. The topological polar surface area (TPSA) is 92.7 Å². The van der Waals surface area contributed by atoms with Crippen LogP contribution in [0.5, 0.6) is 0 Å². The van der Waals surface area contributed by atoms with E-state index in [-0.39, 0.29) is 17.4 Å². The zero-order valence-electron chi connectivity index (χ0n) is 19.1. The molecule has 0 fully saturated rings. The van der Waals surface area contributed by atoms with E-state index in [2.05, 4.69) is 30.6 Å². The van der Waals surface area contributed by atoms with Gasteiger partial charge in [0.2, 0.25) is 0 Å². The van der Waals surface area contributed by atoms with Gasteiger partial charge in [-0.25, -0.2) is 24.7 Å². The fraction of sp³-hybridized carbons (Fsp3) is 0.292. The van der Waals surface area contributed by atoms with Crippen molar-refractivity contribution in [2.45, 2.75) is 38.8 Å². The molecular formula is C24H21F3N6OS2. The molecule has 0 aliphatic heterocycles. The molecule has 3 heterocycles. The lowest BCUT2D eigenvalue weighted by molar-refractivity contribution is -0.137. The van der Waals surface area contributed by atoms with Crippen LogP contribution in [0.25, 0.3) is 22.0 Å². The van der Waals surface area contributed by atoms with E-state index in [4.69, 9.17) is 0 Å². The number of fused-ring (bicyclic) bond motifs is 3. The van der Waals surface area contributed by atoms with Crippen LogP contribution in [0.3, 0.4) is 0 Å². The summed E-state index contributed by atoms with van der Waals surface area (Å²) in [6, 6.07) is 4.88. The van der Waals surface area contributed by atoms with Gasteiger partial charge in [-0.05, 0) is 30.9 Å². The predicted molar refractivity (Wildman–Crippen MR) is 133 cm³/mol. The fourth-order valence-electron chi connectivity index (χ4n) is 3.90. The normalized spacial score (nSPS) is 12.7. The number of carbonyl (C=O) groups excluding carboxylic acids is 1. The summed E-state index contributed by atoms with van der Waals surface area (Å²) in [7, 11) is 0. The fourth-order valence-corrected chi connectivity index (χ4v) is 5.82. The standard InChI is InChI=1S/C24H21F3N6OS2/c1-2-14-12-35-18(30-14)9-10-28-22(34)33-23-31-17-8-7-13-11-29-21(32-19(13)20(17)36-23)15-5-3-4-6-16(15)24(25,26)27/h3-6,11-12H,2,7-10H2,1H3,(H2,28,31,33,34). The highest BCUT2D eigenvalue weighted by Crippen LogP contribution is 2.40. The molecule has 4 aromatic rings. The van der Waals surface area contributed by atoms with Gasteiger partial charge < -0.3 is 5.32 Å². The Kier molecular flexibility index (Phi) is 6.71. The van der Waals surface area contributed by atoms with Crippen molar-refractivity contribution in [2.75, 3.05) is 11.9 Å². The van der Waals surface area contributed by atoms with E-state index in [1.807, 2.05) is 12.3 Å². The SMILES string of the molecule is CCc1csc(CCNC(=O)Nc2nc3c(s2)-c2nc(-c4ccccc4C(F)(F)F)ncc2CC3)n1. The lowest BCUT2D eigenvalue weighted by Crippen LogP contribution is -2.30. The van der Waals surface area contributed by atoms with Crippen molar-refractivity contribution in [3.05, 3.63) is 63.4 Å². The predicted octanol–water partition coefficient (Wildman–Crippen LogP) is 5.77. The van der Waals surface area contributed by atoms with Gasteiger partial charge in [-0.15, -0.1) is 11.3 Å². The average Bonchev–Trinajstić information content (AvgIpc) is 3.49. The number of hydrogen-bond donors (Lipinski definition) is 2. The van der Waals surface area contributed by atoms with Crippen molar-refractivity contribution in [1.29, 1.82) is 0 Å². The molecular weight excluding hydrogens is 509 g/mol. The molecule has 12 heteroatoms. The van der Waals surface area contributed by atoms with E-state index in [0.29, 0.717) is 36.6 Å². The number of aryl methyl sites for hydroxylation is 3. The first-order valence-electron chi connectivity index (χ1n) is 11.3. The summed E-state index contributed by atoms with van der Waals surface area (Å²) < 4.78 is 40.6. The minimum absolute atomic E-state index is 0.00333. The molecule has 0 saturated carbocycles. The molecule has 7 nitrogen and oxygen atoms in total. The Morgan fingerprint density at radius 1 is 1.14 bits per heavy atom. The molecule has 0 unspecified atom stereocenters. The van der Waals surface area contributed by atoms with E-state index in [9.17, 15) is 18.0 Å². The molecule has 1 aliphatic carbocycles. The molecule has 1 aromatic carbocycles. The second-order valence-corrected chi connectivity index (χ2v) is 10.1. The third-order valence-corrected chi connectivity index (χ3v) is 7.67. The monoisotopic (exact) mass is 530 g/mol. The van der Waals surface area contributed by atoms with Gasteiger partial charge in [0.15, 0.2) is 11.0 Å². The first kappa shape index (κ1) is 24.3. The van der Waals surface area contributed by atoms with Crippen LogP contribution >= 0.6 is 22.7 Å². The van der Waals surface area contributed by atoms with Crippen LogP contribution in [0.1, 0.15) is 34.4 Å².